The van der Waals surface area contributed by atoms with Crippen molar-refractivity contribution >= 4 is 23.2 Å². The van der Waals surface area contributed by atoms with E-state index in [-0.39, 0.29) is 5.91 Å². The average Bonchev–Trinajstić information content (AvgIpc) is 2.17. The molecule has 16 heavy (non-hydrogen) atoms. The van der Waals surface area contributed by atoms with Crippen LogP contribution in [0.25, 0.3) is 0 Å². The van der Waals surface area contributed by atoms with E-state index in [1.54, 1.807) is 0 Å². The van der Waals surface area contributed by atoms with Crippen molar-refractivity contribution in [3.8, 4) is 0 Å². The topological polar surface area (TPSA) is 32.3 Å². The Balaban J connectivity index is 2.63. The van der Waals surface area contributed by atoms with E-state index in [0.717, 1.165) is 12.2 Å². The van der Waals surface area contributed by atoms with Gasteiger partial charge in [-0.2, -0.15) is 0 Å². The summed E-state index contributed by atoms with van der Waals surface area (Å²) in [4.78, 5) is 13.4. The standard InChI is InChI=1S/C12H17ClN2O/c1-15(2)9-10-4-3-5-11(8-10)14-12(16)6-7-13/h3-5,8H,6-7,9H2,1-2H3,(H,14,16). The minimum atomic E-state index is -0.0444. The van der Waals surface area contributed by atoms with Crippen LogP contribution in [0.2, 0.25) is 0 Å². The molecule has 1 rings (SSSR count). The molecule has 88 valence electrons. The lowest BCUT2D eigenvalue weighted by atomic mass is 10.2. The Kier molecular flexibility index (Phi) is 5.29. The number of carbonyl (C=O) groups excluding carboxylic acids is 1. The molecule has 1 N–H and O–H groups in total. The monoisotopic (exact) mass is 240 g/mol. The number of carbonyl (C=O) groups is 1. The zero-order valence-corrected chi connectivity index (χ0v) is 10.4. The minimum absolute atomic E-state index is 0.0444. The summed E-state index contributed by atoms with van der Waals surface area (Å²) in [5.74, 6) is 0.306. The molecule has 0 saturated heterocycles. The van der Waals surface area contributed by atoms with Crippen LogP contribution in [-0.2, 0) is 11.3 Å². The van der Waals surface area contributed by atoms with Crippen LogP contribution >= 0.6 is 11.6 Å². The van der Waals surface area contributed by atoms with Crippen molar-refractivity contribution in [1.82, 2.24) is 4.90 Å². The number of benzene rings is 1. The van der Waals surface area contributed by atoms with E-state index in [4.69, 9.17) is 11.6 Å². The Morgan fingerprint density at radius 2 is 2.19 bits per heavy atom. The maximum Gasteiger partial charge on any atom is 0.225 e. The zero-order valence-electron chi connectivity index (χ0n) is 9.66. The van der Waals surface area contributed by atoms with E-state index in [1.807, 2.05) is 38.4 Å². The summed E-state index contributed by atoms with van der Waals surface area (Å²) in [6.45, 7) is 0.860. The second-order valence-electron chi connectivity index (χ2n) is 3.93. The summed E-state index contributed by atoms with van der Waals surface area (Å²) in [6, 6.07) is 7.84. The molecule has 0 fully saturated rings. The van der Waals surface area contributed by atoms with Crippen molar-refractivity contribution in [2.75, 3.05) is 25.3 Å². The first-order valence-electron chi connectivity index (χ1n) is 5.21. The normalized spacial score (nSPS) is 10.5. The van der Waals surface area contributed by atoms with Crippen LogP contribution in [0.15, 0.2) is 24.3 Å². The third kappa shape index (κ3) is 4.64. The van der Waals surface area contributed by atoms with Crippen LogP contribution in [0.4, 0.5) is 5.69 Å². The maximum absolute atomic E-state index is 11.3. The van der Waals surface area contributed by atoms with Crippen LogP contribution in [0, 0.1) is 0 Å². The molecule has 0 unspecified atom stereocenters. The fourth-order valence-electron chi connectivity index (χ4n) is 1.42. The molecule has 0 bridgehead atoms. The van der Waals surface area contributed by atoms with Crippen LogP contribution in [0.1, 0.15) is 12.0 Å². The van der Waals surface area contributed by atoms with Gasteiger partial charge in [0.25, 0.3) is 0 Å². The van der Waals surface area contributed by atoms with Crippen molar-refractivity contribution in [3.63, 3.8) is 0 Å². The quantitative estimate of drug-likeness (QED) is 0.802. The third-order valence-corrected chi connectivity index (χ3v) is 2.22. The van der Waals surface area contributed by atoms with Gasteiger partial charge in [-0.05, 0) is 31.8 Å². The van der Waals surface area contributed by atoms with E-state index in [1.165, 1.54) is 5.56 Å². The summed E-state index contributed by atoms with van der Waals surface area (Å²) in [7, 11) is 4.03. The molecule has 0 spiro atoms. The van der Waals surface area contributed by atoms with Crippen LogP contribution in [-0.4, -0.2) is 30.8 Å². The Labute approximate surface area is 101 Å². The minimum Gasteiger partial charge on any atom is -0.326 e. The number of nitrogens with zero attached hydrogens (tertiary/aromatic N) is 1. The lowest BCUT2D eigenvalue weighted by Gasteiger charge is -2.11. The Morgan fingerprint density at radius 1 is 1.44 bits per heavy atom. The van der Waals surface area contributed by atoms with E-state index >= 15 is 0 Å². The summed E-state index contributed by atoms with van der Waals surface area (Å²) in [6.07, 6.45) is 0.347. The molecule has 4 heteroatoms. The van der Waals surface area contributed by atoms with E-state index in [2.05, 4.69) is 10.2 Å². The highest BCUT2D eigenvalue weighted by molar-refractivity contribution is 6.19. The largest absolute Gasteiger partial charge is 0.326 e. The molecular formula is C12H17ClN2O. The van der Waals surface area contributed by atoms with Gasteiger partial charge in [0.15, 0.2) is 0 Å². The van der Waals surface area contributed by atoms with Gasteiger partial charge in [0.05, 0.1) is 0 Å². The number of hydrogen-bond acceptors (Lipinski definition) is 2. The predicted molar refractivity (Wildman–Crippen MR) is 67.8 cm³/mol. The van der Waals surface area contributed by atoms with E-state index < -0.39 is 0 Å². The zero-order chi connectivity index (χ0) is 12.0. The molecular weight excluding hydrogens is 224 g/mol. The molecule has 1 amide bonds. The first-order valence-corrected chi connectivity index (χ1v) is 5.75. The van der Waals surface area contributed by atoms with Gasteiger partial charge in [0, 0.05) is 24.5 Å². The summed E-state index contributed by atoms with van der Waals surface area (Å²) in [5.41, 5.74) is 2.00. The lowest BCUT2D eigenvalue weighted by Crippen LogP contribution is -2.13. The highest BCUT2D eigenvalue weighted by Gasteiger charge is 2.02. The van der Waals surface area contributed by atoms with Gasteiger partial charge >= 0.3 is 0 Å². The van der Waals surface area contributed by atoms with Gasteiger partial charge in [0.2, 0.25) is 5.91 Å². The molecule has 0 aliphatic rings. The summed E-state index contributed by atoms with van der Waals surface area (Å²) >= 11 is 5.50. The Morgan fingerprint density at radius 3 is 2.81 bits per heavy atom. The summed E-state index contributed by atoms with van der Waals surface area (Å²) < 4.78 is 0. The van der Waals surface area contributed by atoms with Gasteiger partial charge in [-0.3, -0.25) is 4.79 Å². The molecule has 1 aromatic carbocycles. The highest BCUT2D eigenvalue weighted by atomic mass is 35.5. The number of rotatable bonds is 5. The number of nitrogens with one attached hydrogen (secondary N) is 1. The second-order valence-corrected chi connectivity index (χ2v) is 4.30. The first kappa shape index (κ1) is 13.0. The third-order valence-electron chi connectivity index (χ3n) is 2.03. The van der Waals surface area contributed by atoms with Crippen molar-refractivity contribution in [3.05, 3.63) is 29.8 Å². The number of alkyl halides is 1. The number of hydrogen-bond donors (Lipinski definition) is 1. The van der Waals surface area contributed by atoms with E-state index in [0.29, 0.717) is 12.3 Å². The molecule has 0 aromatic heterocycles. The molecule has 0 saturated carbocycles. The molecule has 0 radical (unpaired) electrons. The second kappa shape index (κ2) is 6.51. The number of amides is 1. The lowest BCUT2D eigenvalue weighted by molar-refractivity contribution is -0.115. The highest BCUT2D eigenvalue weighted by Crippen LogP contribution is 2.12. The van der Waals surface area contributed by atoms with Crippen molar-refractivity contribution in [1.29, 1.82) is 0 Å². The number of halogens is 1. The summed E-state index contributed by atoms with van der Waals surface area (Å²) in [5, 5.41) is 2.81. The van der Waals surface area contributed by atoms with Gasteiger partial charge < -0.3 is 10.2 Å². The molecule has 0 heterocycles. The molecule has 0 aliphatic heterocycles. The van der Waals surface area contributed by atoms with Crippen LogP contribution in [0.3, 0.4) is 0 Å². The van der Waals surface area contributed by atoms with E-state index in [9.17, 15) is 4.79 Å². The van der Waals surface area contributed by atoms with Crippen molar-refractivity contribution in [2.24, 2.45) is 0 Å². The Bertz CT molecular complexity index is 353. The van der Waals surface area contributed by atoms with Crippen LogP contribution in [0.5, 0.6) is 0 Å². The molecule has 1 aromatic rings. The fourth-order valence-corrected chi connectivity index (χ4v) is 1.59. The van der Waals surface area contributed by atoms with Gasteiger partial charge in [-0.15, -0.1) is 11.6 Å². The van der Waals surface area contributed by atoms with Gasteiger partial charge in [0.1, 0.15) is 0 Å². The molecule has 0 atom stereocenters. The maximum atomic E-state index is 11.3. The van der Waals surface area contributed by atoms with Crippen molar-refractivity contribution < 1.29 is 4.79 Å². The average molecular weight is 241 g/mol. The molecule has 3 nitrogen and oxygen atoms in total. The number of anilines is 1. The SMILES string of the molecule is CN(C)Cc1cccc(NC(=O)CCCl)c1. The first-order chi connectivity index (χ1) is 7.61. The van der Waals surface area contributed by atoms with Crippen LogP contribution < -0.4 is 5.32 Å². The smallest absolute Gasteiger partial charge is 0.225 e. The van der Waals surface area contributed by atoms with Gasteiger partial charge in [-0.25, -0.2) is 0 Å². The molecule has 0 aliphatic carbocycles. The van der Waals surface area contributed by atoms with Crippen molar-refractivity contribution in [2.45, 2.75) is 13.0 Å². The fraction of sp³-hybridized carbons (Fsp3) is 0.417. The van der Waals surface area contributed by atoms with Gasteiger partial charge in [-0.1, -0.05) is 12.1 Å². The predicted octanol–water partition coefficient (Wildman–Crippen LogP) is 2.32. The Hall–Kier alpha value is -1.06.